The first kappa shape index (κ1) is 19.3. The van der Waals surface area contributed by atoms with E-state index in [4.69, 9.17) is 5.11 Å². The van der Waals surface area contributed by atoms with E-state index in [1.165, 1.54) is 18.1 Å². The van der Waals surface area contributed by atoms with Crippen molar-refractivity contribution in [1.82, 2.24) is 4.98 Å². The largest absolute Gasteiger partial charge is 1.00 e. The summed E-state index contributed by atoms with van der Waals surface area (Å²) in [5, 5.41) is 19.0. The first-order valence-electron chi connectivity index (χ1n) is 5.19. The van der Waals surface area contributed by atoms with Gasteiger partial charge in [-0.1, -0.05) is 0 Å². The summed E-state index contributed by atoms with van der Waals surface area (Å²) < 4.78 is 31.7. The molecule has 1 aromatic rings. The average Bonchev–Trinajstić information content (AvgIpc) is 2.28. The molecule has 0 aliphatic heterocycles. The maximum atomic E-state index is 10.6. The third-order valence-corrected chi connectivity index (χ3v) is 3.20. The van der Waals surface area contributed by atoms with Crippen molar-refractivity contribution in [3.63, 3.8) is 0 Å². The summed E-state index contributed by atoms with van der Waals surface area (Å²) in [5.41, 5.74) is 1.01. The average molecular weight is 314 g/mol. The van der Waals surface area contributed by atoms with Gasteiger partial charge in [0.2, 0.25) is 0 Å². The van der Waals surface area contributed by atoms with Crippen molar-refractivity contribution in [2.75, 3.05) is 24.2 Å². The number of aryl methyl sites for hydroxylation is 1. The number of pyridine rings is 1. The van der Waals surface area contributed by atoms with Crippen LogP contribution in [0.15, 0.2) is 6.20 Å². The molecule has 0 amide bonds. The molecule has 0 aliphatic carbocycles. The summed E-state index contributed by atoms with van der Waals surface area (Å²) in [6, 6.07) is 0. The molecule has 0 aromatic carbocycles. The molecule has 0 saturated heterocycles. The number of aliphatic hydroxyl groups is 1. The molecule has 0 unspecified atom stereocenters. The Bertz CT molecular complexity index is 535. The van der Waals surface area contributed by atoms with Gasteiger partial charge in [-0.05, 0) is 6.92 Å². The fourth-order valence-electron chi connectivity index (χ4n) is 1.52. The minimum Gasteiger partial charge on any atom is -0.748 e. The van der Waals surface area contributed by atoms with E-state index in [0.29, 0.717) is 11.3 Å². The van der Waals surface area contributed by atoms with Crippen LogP contribution in [0.4, 0.5) is 5.69 Å². The minimum absolute atomic E-state index is 0. The van der Waals surface area contributed by atoms with Gasteiger partial charge in [-0.2, -0.15) is 0 Å². The summed E-state index contributed by atoms with van der Waals surface area (Å²) in [7, 11) is -2.79. The normalized spacial score (nSPS) is 10.9. The van der Waals surface area contributed by atoms with Gasteiger partial charge in [0.1, 0.15) is 0 Å². The van der Waals surface area contributed by atoms with Crippen LogP contribution in [0.1, 0.15) is 11.3 Å². The Balaban J connectivity index is 0.00000324. The SMILES string of the molecule is Cc1ncc(CO)c(N(C)CCS(=O)(=O)[O-])c1O.[K+]. The number of rotatable bonds is 5. The first-order valence-corrected chi connectivity index (χ1v) is 6.77. The molecule has 0 bridgehead atoms. The Morgan fingerprint density at radius 3 is 2.53 bits per heavy atom. The molecular formula is C10H15KN2O5S. The number of aromatic hydroxyl groups is 1. The van der Waals surface area contributed by atoms with Crippen molar-refractivity contribution >= 4 is 15.8 Å². The fourth-order valence-corrected chi connectivity index (χ4v) is 2.02. The molecule has 1 rings (SSSR count). The summed E-state index contributed by atoms with van der Waals surface area (Å²) in [5.74, 6) is -0.706. The Morgan fingerprint density at radius 2 is 2.05 bits per heavy atom. The molecule has 102 valence electrons. The van der Waals surface area contributed by atoms with Crippen LogP contribution in [0.2, 0.25) is 0 Å². The summed E-state index contributed by atoms with van der Waals surface area (Å²) in [4.78, 5) is 5.29. The molecule has 0 radical (unpaired) electrons. The number of anilines is 1. The minimum atomic E-state index is -4.32. The van der Waals surface area contributed by atoms with Crippen molar-refractivity contribution in [2.24, 2.45) is 0 Å². The van der Waals surface area contributed by atoms with E-state index in [9.17, 15) is 18.1 Å². The molecule has 0 aliphatic rings. The van der Waals surface area contributed by atoms with Gasteiger partial charge in [-0.3, -0.25) is 4.98 Å². The molecular weight excluding hydrogens is 299 g/mol. The Labute approximate surface area is 154 Å². The van der Waals surface area contributed by atoms with Crippen LogP contribution < -0.4 is 56.3 Å². The van der Waals surface area contributed by atoms with Crippen LogP contribution in [0.25, 0.3) is 0 Å². The van der Waals surface area contributed by atoms with Crippen molar-refractivity contribution < 1.29 is 74.6 Å². The molecule has 1 aromatic heterocycles. The third kappa shape index (κ3) is 5.64. The van der Waals surface area contributed by atoms with E-state index in [0.717, 1.165) is 0 Å². The topological polar surface area (TPSA) is 114 Å². The van der Waals surface area contributed by atoms with Crippen LogP contribution in [0.3, 0.4) is 0 Å². The number of aromatic nitrogens is 1. The fraction of sp³-hybridized carbons (Fsp3) is 0.500. The second-order valence-electron chi connectivity index (χ2n) is 3.91. The van der Waals surface area contributed by atoms with Crippen molar-refractivity contribution in [3.05, 3.63) is 17.5 Å². The summed E-state index contributed by atoms with van der Waals surface area (Å²) in [6.45, 7) is 1.17. The predicted molar refractivity (Wildman–Crippen MR) is 64.4 cm³/mol. The predicted octanol–water partition coefficient (Wildman–Crippen LogP) is -3.43. The Kier molecular flexibility index (Phi) is 7.99. The van der Waals surface area contributed by atoms with Crippen LogP contribution in [0, 0.1) is 6.92 Å². The van der Waals surface area contributed by atoms with Crippen LogP contribution in [-0.2, 0) is 16.7 Å². The maximum Gasteiger partial charge on any atom is 1.00 e. The number of nitrogens with zero attached hydrogens (tertiary/aromatic N) is 2. The van der Waals surface area contributed by atoms with Gasteiger partial charge in [0.15, 0.2) is 5.75 Å². The van der Waals surface area contributed by atoms with Gasteiger partial charge in [0.05, 0.1) is 33.9 Å². The van der Waals surface area contributed by atoms with Crippen molar-refractivity contribution in [3.8, 4) is 5.75 Å². The van der Waals surface area contributed by atoms with Gasteiger partial charge in [0.25, 0.3) is 0 Å². The van der Waals surface area contributed by atoms with Crippen molar-refractivity contribution in [1.29, 1.82) is 0 Å². The second kappa shape index (κ2) is 7.89. The van der Waals surface area contributed by atoms with Gasteiger partial charge in [0, 0.05) is 25.4 Å². The van der Waals surface area contributed by atoms with E-state index in [1.807, 2.05) is 0 Å². The molecule has 2 N–H and O–H groups in total. The molecule has 0 saturated carbocycles. The zero-order valence-electron chi connectivity index (χ0n) is 11.1. The van der Waals surface area contributed by atoms with Crippen LogP contribution >= 0.6 is 0 Å². The van der Waals surface area contributed by atoms with Gasteiger partial charge in [-0.25, -0.2) is 8.42 Å². The van der Waals surface area contributed by atoms with Gasteiger partial charge < -0.3 is 19.7 Å². The smallest absolute Gasteiger partial charge is 0.748 e. The van der Waals surface area contributed by atoms with E-state index < -0.39 is 15.9 Å². The van der Waals surface area contributed by atoms with Gasteiger partial charge in [-0.15, -0.1) is 0 Å². The quantitative estimate of drug-likeness (QED) is 0.429. The standard InChI is InChI=1S/C10H16N2O5S.K/c1-7-10(14)9(8(6-13)5-11-7)12(2)3-4-18(15,16)17;/h5,13-14H,3-4,6H2,1-2H3,(H,15,16,17);/q;+1/p-1. The zero-order valence-corrected chi connectivity index (χ0v) is 15.1. The molecule has 0 atom stereocenters. The van der Waals surface area contributed by atoms with Crippen LogP contribution in [-0.4, -0.2) is 47.5 Å². The zero-order chi connectivity index (χ0) is 13.9. The van der Waals surface area contributed by atoms with Gasteiger partial charge >= 0.3 is 51.4 Å². The number of hydrogen-bond acceptors (Lipinski definition) is 7. The van der Waals surface area contributed by atoms with E-state index in [-0.39, 0.29) is 76.0 Å². The molecule has 9 heteroatoms. The molecule has 7 nitrogen and oxygen atoms in total. The van der Waals surface area contributed by atoms with E-state index in [1.54, 1.807) is 6.92 Å². The molecule has 19 heavy (non-hydrogen) atoms. The van der Waals surface area contributed by atoms with Crippen LogP contribution in [0.5, 0.6) is 5.75 Å². The van der Waals surface area contributed by atoms with Crippen molar-refractivity contribution in [2.45, 2.75) is 13.5 Å². The van der Waals surface area contributed by atoms with E-state index >= 15 is 0 Å². The van der Waals surface area contributed by atoms with E-state index in [2.05, 4.69) is 4.98 Å². The number of hydrogen-bond donors (Lipinski definition) is 2. The molecule has 1 heterocycles. The first-order chi connectivity index (χ1) is 8.26. The Morgan fingerprint density at radius 1 is 1.47 bits per heavy atom. The maximum absolute atomic E-state index is 10.6. The Hall–Kier alpha value is 0.256. The molecule has 0 fully saturated rings. The second-order valence-corrected chi connectivity index (χ2v) is 5.43. The summed E-state index contributed by atoms with van der Waals surface area (Å²) >= 11 is 0. The monoisotopic (exact) mass is 314 g/mol. The summed E-state index contributed by atoms with van der Waals surface area (Å²) in [6.07, 6.45) is 1.40. The third-order valence-electron chi connectivity index (χ3n) is 2.51. The number of aliphatic hydroxyl groups excluding tert-OH is 1. The molecule has 0 spiro atoms.